The Morgan fingerprint density at radius 3 is 2.58 bits per heavy atom. The summed E-state index contributed by atoms with van der Waals surface area (Å²) in [6.45, 7) is 5.91. The molecular formula is C26H30ClN3O3. The number of nitrogens with zero attached hydrogens (tertiary/aromatic N) is 3. The lowest BCUT2D eigenvalue weighted by molar-refractivity contribution is -0.149. The van der Waals surface area contributed by atoms with Gasteiger partial charge in [-0.3, -0.25) is 14.5 Å². The summed E-state index contributed by atoms with van der Waals surface area (Å²) in [6, 6.07) is 15.6. The largest absolute Gasteiger partial charge is 0.466 e. The molecule has 0 aliphatic carbocycles. The summed E-state index contributed by atoms with van der Waals surface area (Å²) in [5, 5.41) is 7.02. The number of carbonyl (C=O) groups is 2. The van der Waals surface area contributed by atoms with Crippen LogP contribution in [0.4, 0.5) is 0 Å². The van der Waals surface area contributed by atoms with Crippen molar-refractivity contribution in [2.75, 3.05) is 26.2 Å². The van der Waals surface area contributed by atoms with Crippen LogP contribution in [0.3, 0.4) is 0 Å². The third-order valence-electron chi connectivity index (χ3n) is 6.35. The average Bonchev–Trinajstić information content (AvgIpc) is 3.25. The zero-order chi connectivity index (χ0) is 23.4. The summed E-state index contributed by atoms with van der Waals surface area (Å²) in [5.74, 6) is -0.267. The average molecular weight is 468 g/mol. The third kappa shape index (κ3) is 5.45. The molecule has 2 aliphatic rings. The van der Waals surface area contributed by atoms with E-state index in [1.165, 1.54) is 0 Å². The Morgan fingerprint density at radius 1 is 1.12 bits per heavy atom. The maximum Gasteiger partial charge on any atom is 0.309 e. The van der Waals surface area contributed by atoms with Gasteiger partial charge in [0.1, 0.15) is 0 Å². The SMILES string of the molecule is CCOC(=O)C1CCN(CC(=O)N2N=C(c3cccc(C)c3)CC2c2ccccc2Cl)CC1. The molecule has 0 spiro atoms. The molecule has 4 rings (SSSR count). The van der Waals surface area contributed by atoms with Crippen molar-refractivity contribution in [1.82, 2.24) is 9.91 Å². The van der Waals surface area contributed by atoms with Gasteiger partial charge in [0.25, 0.3) is 5.91 Å². The van der Waals surface area contributed by atoms with Crippen LogP contribution in [0.2, 0.25) is 5.02 Å². The van der Waals surface area contributed by atoms with Gasteiger partial charge in [-0.25, -0.2) is 5.01 Å². The molecule has 7 heteroatoms. The van der Waals surface area contributed by atoms with E-state index in [-0.39, 0.29) is 30.4 Å². The molecule has 2 heterocycles. The number of likely N-dealkylation sites (tertiary alicyclic amines) is 1. The van der Waals surface area contributed by atoms with Crippen molar-refractivity contribution in [1.29, 1.82) is 0 Å². The van der Waals surface area contributed by atoms with Crippen LogP contribution >= 0.6 is 11.6 Å². The summed E-state index contributed by atoms with van der Waals surface area (Å²) < 4.78 is 5.15. The van der Waals surface area contributed by atoms with Crippen LogP contribution in [-0.4, -0.2) is 53.7 Å². The van der Waals surface area contributed by atoms with Crippen molar-refractivity contribution in [3.05, 3.63) is 70.2 Å². The second-order valence-electron chi connectivity index (χ2n) is 8.70. The van der Waals surface area contributed by atoms with Gasteiger partial charge in [0.15, 0.2) is 0 Å². The number of hydrazone groups is 1. The highest BCUT2D eigenvalue weighted by Crippen LogP contribution is 2.36. The molecule has 1 fully saturated rings. The van der Waals surface area contributed by atoms with Crippen molar-refractivity contribution in [3.8, 4) is 0 Å². The molecule has 2 aromatic carbocycles. The molecule has 1 atom stereocenters. The van der Waals surface area contributed by atoms with Crippen molar-refractivity contribution in [2.45, 2.75) is 39.2 Å². The van der Waals surface area contributed by atoms with Crippen molar-refractivity contribution in [3.63, 3.8) is 0 Å². The Bertz CT molecular complexity index is 1050. The second kappa shape index (κ2) is 10.5. The Kier molecular flexibility index (Phi) is 7.46. The Morgan fingerprint density at radius 2 is 1.88 bits per heavy atom. The summed E-state index contributed by atoms with van der Waals surface area (Å²) in [6.07, 6.45) is 2.03. The predicted octanol–water partition coefficient (Wildman–Crippen LogP) is 4.60. The molecule has 2 aromatic rings. The molecule has 6 nitrogen and oxygen atoms in total. The fraction of sp³-hybridized carbons (Fsp3) is 0.423. The van der Waals surface area contributed by atoms with E-state index in [0.717, 1.165) is 22.4 Å². The van der Waals surface area contributed by atoms with Crippen LogP contribution in [0.25, 0.3) is 0 Å². The number of hydrogen-bond acceptors (Lipinski definition) is 5. The minimum absolute atomic E-state index is 0.0582. The highest BCUT2D eigenvalue weighted by molar-refractivity contribution is 6.31. The van der Waals surface area contributed by atoms with Gasteiger partial charge in [-0.15, -0.1) is 0 Å². The standard InChI is InChI=1S/C26H30ClN3O3/c1-3-33-26(32)19-11-13-29(14-12-19)17-25(31)30-24(21-9-4-5-10-22(21)27)16-23(28-30)20-8-6-7-18(2)15-20/h4-10,15,19,24H,3,11-14,16-17H2,1-2H3. The monoisotopic (exact) mass is 467 g/mol. The number of carbonyl (C=O) groups excluding carboxylic acids is 2. The number of benzene rings is 2. The number of amides is 1. The molecule has 0 bridgehead atoms. The molecule has 1 saturated heterocycles. The van der Waals surface area contributed by atoms with Gasteiger partial charge < -0.3 is 4.74 Å². The number of hydrogen-bond donors (Lipinski definition) is 0. The number of halogens is 1. The number of ether oxygens (including phenoxy) is 1. The zero-order valence-electron chi connectivity index (χ0n) is 19.2. The van der Waals surface area contributed by atoms with E-state index in [1.54, 1.807) is 5.01 Å². The Labute approximate surface area is 200 Å². The predicted molar refractivity (Wildman–Crippen MR) is 129 cm³/mol. The van der Waals surface area contributed by atoms with Gasteiger partial charge in [0.2, 0.25) is 0 Å². The quantitative estimate of drug-likeness (QED) is 0.582. The molecule has 0 aromatic heterocycles. The van der Waals surface area contributed by atoms with Crippen LogP contribution in [0.1, 0.15) is 48.9 Å². The number of esters is 1. The van der Waals surface area contributed by atoms with Gasteiger partial charge in [-0.05, 0) is 57.0 Å². The van der Waals surface area contributed by atoms with Crippen LogP contribution in [0.15, 0.2) is 53.6 Å². The van der Waals surface area contributed by atoms with Gasteiger partial charge >= 0.3 is 5.97 Å². The lowest BCUT2D eigenvalue weighted by atomic mass is 9.96. The first kappa shape index (κ1) is 23.5. The van der Waals surface area contributed by atoms with E-state index in [4.69, 9.17) is 21.4 Å². The van der Waals surface area contributed by atoms with E-state index in [1.807, 2.05) is 56.3 Å². The molecule has 174 valence electrons. The summed E-state index contributed by atoms with van der Waals surface area (Å²) in [5.41, 5.74) is 3.97. The molecule has 0 N–H and O–H groups in total. The highest BCUT2D eigenvalue weighted by Gasteiger charge is 2.35. The number of rotatable bonds is 6. The highest BCUT2D eigenvalue weighted by atomic mass is 35.5. The molecular weight excluding hydrogens is 438 g/mol. The molecule has 33 heavy (non-hydrogen) atoms. The van der Waals surface area contributed by atoms with Gasteiger partial charge in [-0.2, -0.15) is 5.10 Å². The Balaban J connectivity index is 1.50. The second-order valence-corrected chi connectivity index (χ2v) is 9.11. The number of aryl methyl sites for hydroxylation is 1. The van der Waals surface area contributed by atoms with Gasteiger partial charge in [-0.1, -0.05) is 59.6 Å². The third-order valence-corrected chi connectivity index (χ3v) is 6.69. The Hall–Kier alpha value is -2.70. The minimum Gasteiger partial charge on any atom is -0.466 e. The lowest BCUT2D eigenvalue weighted by Gasteiger charge is -2.32. The van der Waals surface area contributed by atoms with E-state index >= 15 is 0 Å². The zero-order valence-corrected chi connectivity index (χ0v) is 19.9. The number of piperidine rings is 1. The molecule has 0 saturated carbocycles. The first-order valence-electron chi connectivity index (χ1n) is 11.6. The smallest absolute Gasteiger partial charge is 0.309 e. The normalized spacial score (nSPS) is 19.4. The fourth-order valence-corrected chi connectivity index (χ4v) is 4.84. The summed E-state index contributed by atoms with van der Waals surface area (Å²) in [4.78, 5) is 27.5. The molecule has 1 amide bonds. The van der Waals surface area contributed by atoms with Crippen LogP contribution in [-0.2, 0) is 14.3 Å². The molecule has 2 aliphatic heterocycles. The van der Waals surface area contributed by atoms with E-state index in [0.29, 0.717) is 44.0 Å². The van der Waals surface area contributed by atoms with Crippen molar-refractivity contribution in [2.24, 2.45) is 11.0 Å². The lowest BCUT2D eigenvalue weighted by Crippen LogP contribution is -2.43. The first-order chi connectivity index (χ1) is 16.0. The van der Waals surface area contributed by atoms with E-state index < -0.39 is 0 Å². The van der Waals surface area contributed by atoms with Crippen LogP contribution in [0.5, 0.6) is 0 Å². The summed E-state index contributed by atoms with van der Waals surface area (Å²) >= 11 is 6.51. The summed E-state index contributed by atoms with van der Waals surface area (Å²) in [7, 11) is 0. The first-order valence-corrected chi connectivity index (χ1v) is 11.9. The van der Waals surface area contributed by atoms with Crippen LogP contribution < -0.4 is 0 Å². The van der Waals surface area contributed by atoms with Gasteiger partial charge in [0.05, 0.1) is 30.8 Å². The van der Waals surface area contributed by atoms with E-state index in [2.05, 4.69) is 11.0 Å². The van der Waals surface area contributed by atoms with Gasteiger partial charge in [0, 0.05) is 11.4 Å². The molecule has 1 unspecified atom stereocenters. The van der Waals surface area contributed by atoms with Crippen molar-refractivity contribution >= 4 is 29.2 Å². The minimum atomic E-state index is -0.237. The molecule has 0 radical (unpaired) electrons. The fourth-order valence-electron chi connectivity index (χ4n) is 4.58. The maximum atomic E-state index is 13.4. The maximum absolute atomic E-state index is 13.4. The van der Waals surface area contributed by atoms with E-state index in [9.17, 15) is 9.59 Å². The van der Waals surface area contributed by atoms with Crippen molar-refractivity contribution < 1.29 is 14.3 Å². The topological polar surface area (TPSA) is 62.2 Å². The van der Waals surface area contributed by atoms with Crippen LogP contribution in [0, 0.1) is 12.8 Å².